The van der Waals surface area contributed by atoms with Gasteiger partial charge in [0.25, 0.3) is 21.5 Å². The summed E-state index contributed by atoms with van der Waals surface area (Å²) in [6.07, 6.45) is 0.0427. The molecule has 0 saturated carbocycles. The van der Waals surface area contributed by atoms with Crippen LogP contribution in [0.4, 0.5) is 0 Å². The molecule has 0 spiro atoms. The van der Waals surface area contributed by atoms with E-state index in [9.17, 15) is 37.2 Å². The molecule has 262 valence electrons. The van der Waals surface area contributed by atoms with Crippen LogP contribution in [0.15, 0.2) is 72.8 Å². The van der Waals surface area contributed by atoms with E-state index >= 15 is 0 Å². The van der Waals surface area contributed by atoms with Gasteiger partial charge in [-0.25, -0.2) is 20.2 Å². The van der Waals surface area contributed by atoms with E-state index in [2.05, 4.69) is 9.69 Å². The first-order valence-corrected chi connectivity index (χ1v) is 18.0. The zero-order valence-electron chi connectivity index (χ0n) is 26.6. The second-order valence-electron chi connectivity index (χ2n) is 10.4. The fraction of sp³-hybridized carbons (Fsp3) is 0.294. The lowest BCUT2D eigenvalue weighted by Crippen LogP contribution is -2.22. The maximum absolute atomic E-state index is 11.9. The van der Waals surface area contributed by atoms with Gasteiger partial charge in [-0.15, -0.1) is 0 Å². The molecule has 0 aliphatic carbocycles. The van der Waals surface area contributed by atoms with Crippen molar-refractivity contribution in [1.82, 2.24) is 0 Å². The molecule has 0 fully saturated rings. The van der Waals surface area contributed by atoms with E-state index in [0.29, 0.717) is 11.1 Å². The Labute approximate surface area is 291 Å². The minimum absolute atomic E-state index is 0.0000136. The van der Waals surface area contributed by atoms with Crippen LogP contribution in [0, 0.1) is 35.8 Å². The van der Waals surface area contributed by atoms with Crippen LogP contribution < -0.4 is 19.9 Å². The van der Waals surface area contributed by atoms with Crippen LogP contribution in [-0.2, 0) is 19.6 Å². The molecule has 0 amide bonds. The molecule has 0 radical (unpaired) electrons. The van der Waals surface area contributed by atoms with Crippen LogP contribution in [0.2, 0.25) is 0 Å². The maximum atomic E-state index is 11.9. The van der Waals surface area contributed by atoms with Crippen LogP contribution in [0.25, 0.3) is 21.1 Å². The third-order valence-electron chi connectivity index (χ3n) is 7.13. The predicted octanol–water partition coefficient (Wildman–Crippen LogP) is 4.95. The number of benzene rings is 3. The highest BCUT2D eigenvalue weighted by atomic mass is 32.3. The number of rotatable bonds is 18. The largest absolute Gasteiger partial charge is 0.492 e. The molecular formula is C34H34N4O10S2. The van der Waals surface area contributed by atoms with E-state index in [0.717, 1.165) is 0 Å². The molecule has 0 aliphatic rings. The van der Waals surface area contributed by atoms with Crippen molar-refractivity contribution < 1.29 is 45.6 Å². The molecule has 50 heavy (non-hydrogen) atoms. The summed E-state index contributed by atoms with van der Waals surface area (Å²) < 4.78 is 85.9. The summed E-state index contributed by atoms with van der Waals surface area (Å²) in [5.74, 6) is -0.00814. The number of nitriles is 2. The Hall–Kier alpha value is -4.98. The molecule has 16 heteroatoms. The van der Waals surface area contributed by atoms with Gasteiger partial charge in [-0.2, -0.15) is 8.42 Å². The third kappa shape index (κ3) is 11.6. The molecule has 3 rings (SSSR count). The van der Waals surface area contributed by atoms with Gasteiger partial charge in [-0.3, -0.25) is 4.55 Å². The summed E-state index contributed by atoms with van der Waals surface area (Å²) in [6, 6.07) is 22.8. The van der Waals surface area contributed by atoms with Crippen molar-refractivity contribution in [2.45, 2.75) is 23.3 Å². The van der Waals surface area contributed by atoms with E-state index < -0.39 is 31.5 Å². The molecule has 2 unspecified atom stereocenters. The zero-order chi connectivity index (χ0) is 36.6. The Kier molecular flexibility index (Phi) is 15.2. The van der Waals surface area contributed by atoms with Gasteiger partial charge >= 0.3 is 0 Å². The highest BCUT2D eigenvalue weighted by molar-refractivity contribution is 8.19. The first kappa shape index (κ1) is 39.5. The lowest BCUT2D eigenvalue weighted by molar-refractivity contribution is 0.0954. The summed E-state index contributed by atoms with van der Waals surface area (Å²) in [4.78, 5) is 6.49. The first-order valence-electron chi connectivity index (χ1n) is 14.9. The van der Waals surface area contributed by atoms with Crippen LogP contribution in [-0.4, -0.2) is 66.3 Å². The Morgan fingerprint density at radius 1 is 0.660 bits per heavy atom. The van der Waals surface area contributed by atoms with Gasteiger partial charge in [0.1, 0.15) is 30.0 Å². The van der Waals surface area contributed by atoms with Crippen LogP contribution in [0.5, 0.6) is 11.5 Å². The molecule has 0 heterocycles. The molecule has 2 atom stereocenters. The van der Waals surface area contributed by atoms with Crippen molar-refractivity contribution in [3.8, 4) is 23.6 Å². The minimum Gasteiger partial charge on any atom is -0.492 e. The van der Waals surface area contributed by atoms with Crippen molar-refractivity contribution in [3.63, 3.8) is 0 Å². The Bertz CT molecular complexity index is 1960. The summed E-state index contributed by atoms with van der Waals surface area (Å²) in [5, 5.41) is 17.1. The van der Waals surface area contributed by atoms with Crippen molar-refractivity contribution in [2.24, 2.45) is 0 Å². The average molecular weight is 723 g/mol. The van der Waals surface area contributed by atoms with E-state index in [1.54, 1.807) is 72.8 Å². The van der Waals surface area contributed by atoms with Gasteiger partial charge in [0.2, 0.25) is 0 Å². The van der Waals surface area contributed by atoms with Gasteiger partial charge in [-0.05, 0) is 36.1 Å². The Balaban J connectivity index is 1.70. The lowest BCUT2D eigenvalue weighted by Gasteiger charge is -2.30. The standard InChI is InChI=1S/C34H34N4O10S2/c1-37-29(23-35)27-21-32(48-20-18-46-16-14-34(50(42,43)44)26-11-7-4-8-12-26)28(30(24-36)38-2)22-31(27)47-19-17-45-15-13-33(49(39,40)41)25-9-5-3-6-10-25/h3-12,21-22,33-34,39-41H,13-20H2,(H,42,43,44). The summed E-state index contributed by atoms with van der Waals surface area (Å²) in [5.41, 5.74) is 0.218. The number of ether oxygens (including phenoxy) is 4. The van der Waals surface area contributed by atoms with Gasteiger partial charge in [0.15, 0.2) is 0 Å². The van der Waals surface area contributed by atoms with Crippen LogP contribution in [0.1, 0.15) is 34.5 Å². The highest BCUT2D eigenvalue weighted by Gasteiger charge is 2.28. The summed E-state index contributed by atoms with van der Waals surface area (Å²) in [6.45, 7) is 14.6. The van der Waals surface area contributed by atoms with Crippen molar-refractivity contribution >= 4 is 32.4 Å². The fourth-order valence-electron chi connectivity index (χ4n) is 4.80. The second kappa shape index (κ2) is 19.3. The lowest BCUT2D eigenvalue weighted by atomic mass is 10.1. The normalized spacial score (nSPS) is 14.1. The molecule has 4 N–H and O–H groups in total. The van der Waals surface area contributed by atoms with Crippen LogP contribution in [0.3, 0.4) is 0 Å². The Morgan fingerprint density at radius 2 is 1.06 bits per heavy atom. The predicted molar refractivity (Wildman–Crippen MR) is 184 cm³/mol. The molecule has 0 bridgehead atoms. The summed E-state index contributed by atoms with van der Waals surface area (Å²) in [7, 11) is -8.30. The Morgan fingerprint density at radius 3 is 1.42 bits per heavy atom. The molecule has 3 aromatic rings. The van der Waals surface area contributed by atoms with Crippen molar-refractivity contribution in [2.75, 3.05) is 39.6 Å². The number of hydrogen-bond donors (Lipinski definition) is 4. The minimum atomic E-state index is -4.40. The topological polar surface area (TPSA) is 208 Å². The highest BCUT2D eigenvalue weighted by Crippen LogP contribution is 2.51. The zero-order valence-corrected chi connectivity index (χ0v) is 28.2. The first-order chi connectivity index (χ1) is 23.9. The quantitative estimate of drug-likeness (QED) is 0.0781. The molecule has 3 aromatic carbocycles. The van der Waals surface area contributed by atoms with Crippen molar-refractivity contribution in [3.05, 3.63) is 117 Å². The van der Waals surface area contributed by atoms with E-state index in [-0.39, 0.29) is 85.8 Å². The molecule has 14 nitrogen and oxygen atoms in total. The van der Waals surface area contributed by atoms with Gasteiger partial charge < -0.3 is 32.6 Å². The fourth-order valence-corrected chi connectivity index (χ4v) is 6.63. The van der Waals surface area contributed by atoms with Gasteiger partial charge in [0.05, 0.1) is 54.6 Å². The smallest absolute Gasteiger partial charge is 0.272 e. The number of hydrogen-bond acceptors (Lipinski definition) is 11. The molecular weight excluding hydrogens is 689 g/mol. The monoisotopic (exact) mass is 722 g/mol. The summed E-state index contributed by atoms with van der Waals surface area (Å²) >= 11 is 0. The average Bonchev–Trinajstić information content (AvgIpc) is 3.09. The van der Waals surface area contributed by atoms with Crippen molar-refractivity contribution in [1.29, 1.82) is 10.5 Å². The molecule has 0 aromatic heterocycles. The maximum Gasteiger partial charge on any atom is 0.272 e. The third-order valence-corrected chi connectivity index (χ3v) is 9.63. The number of nitrogens with zero attached hydrogens (tertiary/aromatic N) is 4. The van der Waals surface area contributed by atoms with Gasteiger partial charge in [0, 0.05) is 23.7 Å². The van der Waals surface area contributed by atoms with E-state index in [1.807, 2.05) is 0 Å². The second-order valence-corrected chi connectivity index (χ2v) is 13.7. The van der Waals surface area contributed by atoms with E-state index in [1.165, 1.54) is 12.1 Å². The van der Waals surface area contributed by atoms with Crippen LogP contribution >= 0.6 is 10.9 Å². The SMILES string of the molecule is [C-]#[N+]C(C#N)=c1cc(OCCOCCC(c2ccccc2)S(=O)(=O)O)c(=C(C#N)[N+]#[C-])cc1OCCOCCC(c1ccccc1)S(O)(O)O. The molecule has 0 saturated heterocycles. The molecule has 0 aliphatic heterocycles. The van der Waals surface area contributed by atoms with Gasteiger partial charge in [-0.1, -0.05) is 60.7 Å². The van der Waals surface area contributed by atoms with E-state index in [4.69, 9.17) is 32.1 Å².